The van der Waals surface area contributed by atoms with Crippen LogP contribution in [0.1, 0.15) is 16.7 Å². The van der Waals surface area contributed by atoms with E-state index in [9.17, 15) is 13.2 Å². The summed E-state index contributed by atoms with van der Waals surface area (Å²) in [5.41, 5.74) is 1.15. The summed E-state index contributed by atoms with van der Waals surface area (Å²) in [6.45, 7) is 1.11. The van der Waals surface area contributed by atoms with Crippen molar-refractivity contribution >= 4 is 11.6 Å². The molecule has 0 bridgehead atoms. The van der Waals surface area contributed by atoms with E-state index in [-0.39, 0.29) is 0 Å². The standard InChI is InChI=1S/C16H15ClF3N/c17-15-6-4-12(5-7-15)8-9-21-11-13-2-1-3-14(10-13)16(18,19)20/h1-7,10,21H,8-9,11H2. The largest absolute Gasteiger partial charge is 0.416 e. The number of hydrogen-bond donors (Lipinski definition) is 1. The number of halogens is 4. The van der Waals surface area contributed by atoms with Gasteiger partial charge in [-0.2, -0.15) is 13.2 Å². The van der Waals surface area contributed by atoms with Gasteiger partial charge in [-0.25, -0.2) is 0 Å². The van der Waals surface area contributed by atoms with E-state index in [4.69, 9.17) is 11.6 Å². The number of hydrogen-bond acceptors (Lipinski definition) is 1. The van der Waals surface area contributed by atoms with Crippen LogP contribution in [-0.2, 0) is 19.1 Å². The minimum atomic E-state index is -4.29. The molecule has 0 aliphatic heterocycles. The smallest absolute Gasteiger partial charge is 0.312 e. The maximum Gasteiger partial charge on any atom is 0.416 e. The lowest BCUT2D eigenvalue weighted by Gasteiger charge is -2.09. The van der Waals surface area contributed by atoms with Crippen LogP contribution in [-0.4, -0.2) is 6.54 Å². The monoisotopic (exact) mass is 313 g/mol. The molecule has 0 saturated carbocycles. The molecule has 0 radical (unpaired) electrons. The maximum atomic E-state index is 12.6. The topological polar surface area (TPSA) is 12.0 Å². The first-order valence-corrected chi connectivity index (χ1v) is 6.94. The van der Waals surface area contributed by atoms with E-state index in [0.29, 0.717) is 23.7 Å². The van der Waals surface area contributed by atoms with Gasteiger partial charge in [-0.1, -0.05) is 41.9 Å². The van der Waals surface area contributed by atoms with Gasteiger partial charge in [-0.05, 0) is 42.3 Å². The predicted molar refractivity (Wildman–Crippen MR) is 78.3 cm³/mol. The summed E-state index contributed by atoms with van der Waals surface area (Å²) in [4.78, 5) is 0. The highest BCUT2D eigenvalue weighted by atomic mass is 35.5. The Balaban J connectivity index is 1.82. The fourth-order valence-corrected chi connectivity index (χ4v) is 2.10. The van der Waals surface area contributed by atoms with Crippen molar-refractivity contribution in [2.24, 2.45) is 0 Å². The fourth-order valence-electron chi connectivity index (χ4n) is 1.97. The Morgan fingerprint density at radius 2 is 1.67 bits per heavy atom. The maximum absolute atomic E-state index is 12.6. The summed E-state index contributed by atoms with van der Waals surface area (Å²) in [6.07, 6.45) is -3.49. The molecule has 112 valence electrons. The first-order valence-electron chi connectivity index (χ1n) is 6.56. The second kappa shape index (κ2) is 6.96. The molecule has 5 heteroatoms. The van der Waals surface area contributed by atoms with Crippen molar-refractivity contribution in [3.8, 4) is 0 Å². The molecule has 0 fully saturated rings. The molecule has 1 N–H and O–H groups in total. The molecule has 0 saturated heterocycles. The van der Waals surface area contributed by atoms with Crippen LogP contribution in [0.2, 0.25) is 5.02 Å². The lowest BCUT2D eigenvalue weighted by molar-refractivity contribution is -0.137. The van der Waals surface area contributed by atoms with Gasteiger partial charge in [0.2, 0.25) is 0 Å². The normalized spacial score (nSPS) is 11.6. The molecule has 2 aromatic carbocycles. The molecule has 0 atom stereocenters. The van der Waals surface area contributed by atoms with E-state index in [1.165, 1.54) is 12.1 Å². The molecule has 0 amide bonds. The fraction of sp³-hybridized carbons (Fsp3) is 0.250. The van der Waals surface area contributed by atoms with Crippen LogP contribution >= 0.6 is 11.6 Å². The van der Waals surface area contributed by atoms with E-state index >= 15 is 0 Å². The predicted octanol–water partition coefficient (Wildman–Crippen LogP) is 4.69. The first-order chi connectivity index (χ1) is 9.95. The van der Waals surface area contributed by atoms with Gasteiger partial charge in [-0.3, -0.25) is 0 Å². The number of benzene rings is 2. The van der Waals surface area contributed by atoms with Crippen molar-refractivity contribution in [2.75, 3.05) is 6.54 Å². The van der Waals surface area contributed by atoms with Crippen molar-refractivity contribution in [1.29, 1.82) is 0 Å². The Labute approximate surface area is 126 Å². The Hall–Kier alpha value is -1.52. The molecule has 0 spiro atoms. The van der Waals surface area contributed by atoms with E-state index in [2.05, 4.69) is 5.32 Å². The highest BCUT2D eigenvalue weighted by Crippen LogP contribution is 2.29. The Kier molecular flexibility index (Phi) is 5.26. The van der Waals surface area contributed by atoms with E-state index < -0.39 is 11.7 Å². The highest BCUT2D eigenvalue weighted by Gasteiger charge is 2.30. The first kappa shape index (κ1) is 15.9. The SMILES string of the molecule is FC(F)(F)c1cccc(CNCCc2ccc(Cl)cc2)c1. The summed E-state index contributed by atoms with van der Waals surface area (Å²) >= 11 is 5.80. The Morgan fingerprint density at radius 1 is 0.952 bits per heavy atom. The molecular formula is C16H15ClF3N. The average molecular weight is 314 g/mol. The van der Waals surface area contributed by atoms with Crippen molar-refractivity contribution < 1.29 is 13.2 Å². The zero-order chi connectivity index (χ0) is 15.3. The number of nitrogens with one attached hydrogen (secondary N) is 1. The Bertz CT molecular complexity index is 579. The van der Waals surface area contributed by atoms with Crippen LogP contribution in [0, 0.1) is 0 Å². The summed E-state index contributed by atoms with van der Waals surface area (Å²) in [7, 11) is 0. The van der Waals surface area contributed by atoms with Gasteiger partial charge in [0.15, 0.2) is 0 Å². The van der Waals surface area contributed by atoms with Crippen molar-refractivity contribution in [2.45, 2.75) is 19.1 Å². The summed E-state index contributed by atoms with van der Waals surface area (Å²) < 4.78 is 37.7. The average Bonchev–Trinajstić information content (AvgIpc) is 2.45. The molecule has 2 rings (SSSR count). The van der Waals surface area contributed by atoms with E-state index in [0.717, 1.165) is 18.1 Å². The minimum Gasteiger partial charge on any atom is -0.312 e. The lowest BCUT2D eigenvalue weighted by Crippen LogP contribution is -2.17. The molecule has 0 aromatic heterocycles. The Morgan fingerprint density at radius 3 is 2.33 bits per heavy atom. The van der Waals surface area contributed by atoms with Gasteiger partial charge < -0.3 is 5.32 Å². The lowest BCUT2D eigenvalue weighted by atomic mass is 10.1. The van der Waals surface area contributed by atoms with Crippen molar-refractivity contribution in [3.63, 3.8) is 0 Å². The van der Waals surface area contributed by atoms with Gasteiger partial charge >= 0.3 is 6.18 Å². The molecule has 2 aromatic rings. The molecule has 0 heterocycles. The zero-order valence-electron chi connectivity index (χ0n) is 11.3. The van der Waals surface area contributed by atoms with Gasteiger partial charge in [0, 0.05) is 11.6 Å². The van der Waals surface area contributed by atoms with Crippen LogP contribution in [0.15, 0.2) is 48.5 Å². The highest BCUT2D eigenvalue weighted by molar-refractivity contribution is 6.30. The van der Waals surface area contributed by atoms with Gasteiger partial charge in [0.25, 0.3) is 0 Å². The number of rotatable bonds is 5. The van der Waals surface area contributed by atoms with Crippen molar-refractivity contribution in [3.05, 3.63) is 70.2 Å². The third-order valence-electron chi connectivity index (χ3n) is 3.09. The quantitative estimate of drug-likeness (QED) is 0.790. The van der Waals surface area contributed by atoms with Gasteiger partial charge in [-0.15, -0.1) is 0 Å². The minimum absolute atomic E-state index is 0.414. The zero-order valence-corrected chi connectivity index (χ0v) is 12.0. The molecular weight excluding hydrogens is 299 g/mol. The summed E-state index contributed by atoms with van der Waals surface area (Å²) in [5, 5.41) is 3.83. The van der Waals surface area contributed by atoms with Crippen LogP contribution in [0.5, 0.6) is 0 Å². The molecule has 0 aliphatic rings. The third-order valence-corrected chi connectivity index (χ3v) is 3.34. The van der Waals surface area contributed by atoms with Crippen LogP contribution in [0.4, 0.5) is 13.2 Å². The molecule has 21 heavy (non-hydrogen) atoms. The number of alkyl halides is 3. The molecule has 1 nitrogen and oxygen atoms in total. The van der Waals surface area contributed by atoms with Crippen LogP contribution < -0.4 is 5.32 Å². The van der Waals surface area contributed by atoms with Crippen LogP contribution in [0.3, 0.4) is 0 Å². The van der Waals surface area contributed by atoms with Gasteiger partial charge in [0.1, 0.15) is 0 Å². The van der Waals surface area contributed by atoms with E-state index in [1.54, 1.807) is 6.07 Å². The van der Waals surface area contributed by atoms with Crippen molar-refractivity contribution in [1.82, 2.24) is 5.32 Å². The molecule has 0 aliphatic carbocycles. The third kappa shape index (κ3) is 5.06. The van der Waals surface area contributed by atoms with E-state index in [1.807, 2.05) is 24.3 Å². The van der Waals surface area contributed by atoms with Gasteiger partial charge in [0.05, 0.1) is 5.56 Å². The second-order valence-electron chi connectivity index (χ2n) is 4.75. The second-order valence-corrected chi connectivity index (χ2v) is 5.19. The molecule has 0 unspecified atom stereocenters. The summed E-state index contributed by atoms with van der Waals surface area (Å²) in [6, 6.07) is 12.9. The summed E-state index contributed by atoms with van der Waals surface area (Å²) in [5.74, 6) is 0. The van der Waals surface area contributed by atoms with Crippen LogP contribution in [0.25, 0.3) is 0 Å².